The number of hydrogen-bond donors (Lipinski definition) is 1. The van der Waals surface area contributed by atoms with Gasteiger partial charge in [0.1, 0.15) is 5.82 Å². The number of aryl methyl sites for hydroxylation is 2. The maximum atomic E-state index is 13.2. The van der Waals surface area contributed by atoms with Crippen LogP contribution in [0.25, 0.3) is 0 Å². The third-order valence-corrected chi connectivity index (χ3v) is 2.73. The minimum Gasteiger partial charge on any atom is -0.317 e. The molecule has 1 aromatic rings. The molecular weight excluding hydrogens is 201 g/mol. The van der Waals surface area contributed by atoms with Crippen LogP contribution in [0.1, 0.15) is 37.3 Å². The van der Waals surface area contributed by atoms with Gasteiger partial charge in [0.05, 0.1) is 0 Å². The first-order valence-electron chi connectivity index (χ1n) is 6.19. The Hall–Kier alpha value is -0.890. The van der Waals surface area contributed by atoms with E-state index in [-0.39, 0.29) is 5.82 Å². The number of unbranched alkanes of at least 4 members (excludes halogenated alkanes) is 1. The zero-order valence-electron chi connectivity index (χ0n) is 10.4. The van der Waals surface area contributed by atoms with Crippen molar-refractivity contribution in [2.75, 3.05) is 13.1 Å². The molecule has 0 radical (unpaired) electrons. The molecule has 0 amide bonds. The topological polar surface area (TPSA) is 12.0 Å². The molecule has 1 aromatic carbocycles. The number of hydrogen-bond acceptors (Lipinski definition) is 1. The molecule has 0 aromatic heterocycles. The molecule has 0 heterocycles. The predicted octanol–water partition coefficient (Wildman–Crippen LogP) is 3.46. The summed E-state index contributed by atoms with van der Waals surface area (Å²) < 4.78 is 13.2. The molecule has 0 saturated heterocycles. The lowest BCUT2D eigenvalue weighted by Crippen LogP contribution is -2.15. The summed E-state index contributed by atoms with van der Waals surface area (Å²) >= 11 is 0. The molecule has 0 aliphatic rings. The summed E-state index contributed by atoms with van der Waals surface area (Å²) in [6, 6.07) is 5.55. The normalized spacial score (nSPS) is 10.7. The summed E-state index contributed by atoms with van der Waals surface area (Å²) in [5.41, 5.74) is 1.84. The monoisotopic (exact) mass is 223 g/mol. The molecule has 0 spiro atoms. The van der Waals surface area contributed by atoms with Gasteiger partial charge in [-0.25, -0.2) is 4.39 Å². The van der Waals surface area contributed by atoms with Crippen molar-refractivity contribution in [2.24, 2.45) is 0 Å². The van der Waals surface area contributed by atoms with E-state index in [0.29, 0.717) is 0 Å². The zero-order valence-corrected chi connectivity index (χ0v) is 10.4. The summed E-state index contributed by atoms with van der Waals surface area (Å²) in [6.07, 6.45) is 4.45. The van der Waals surface area contributed by atoms with Gasteiger partial charge in [0.15, 0.2) is 0 Å². The van der Waals surface area contributed by atoms with Crippen molar-refractivity contribution < 1.29 is 4.39 Å². The third kappa shape index (κ3) is 4.75. The van der Waals surface area contributed by atoms with Gasteiger partial charge in [-0.05, 0) is 62.9 Å². The van der Waals surface area contributed by atoms with E-state index in [1.54, 1.807) is 13.0 Å². The fourth-order valence-corrected chi connectivity index (χ4v) is 1.67. The molecule has 90 valence electrons. The Kier molecular flexibility index (Phi) is 6.09. The highest BCUT2D eigenvalue weighted by molar-refractivity contribution is 5.23. The minimum absolute atomic E-state index is 0.0818. The van der Waals surface area contributed by atoms with E-state index in [9.17, 15) is 4.39 Å². The number of rotatable bonds is 7. The van der Waals surface area contributed by atoms with Crippen LogP contribution in [0.3, 0.4) is 0 Å². The third-order valence-electron chi connectivity index (χ3n) is 2.73. The molecule has 0 aliphatic heterocycles. The van der Waals surface area contributed by atoms with Crippen molar-refractivity contribution >= 4 is 0 Å². The van der Waals surface area contributed by atoms with Gasteiger partial charge in [-0.1, -0.05) is 19.1 Å². The van der Waals surface area contributed by atoms with E-state index in [2.05, 4.69) is 12.2 Å². The van der Waals surface area contributed by atoms with Crippen LogP contribution in [-0.2, 0) is 6.42 Å². The van der Waals surface area contributed by atoms with Crippen LogP contribution in [0.4, 0.5) is 4.39 Å². The Balaban J connectivity index is 2.19. The predicted molar refractivity (Wildman–Crippen MR) is 67.2 cm³/mol. The van der Waals surface area contributed by atoms with Crippen molar-refractivity contribution in [3.63, 3.8) is 0 Å². The van der Waals surface area contributed by atoms with Gasteiger partial charge in [-0.15, -0.1) is 0 Å². The molecule has 0 atom stereocenters. The number of halogens is 1. The van der Waals surface area contributed by atoms with Crippen LogP contribution in [0.2, 0.25) is 0 Å². The largest absolute Gasteiger partial charge is 0.317 e. The molecule has 0 aliphatic carbocycles. The van der Waals surface area contributed by atoms with Gasteiger partial charge in [-0.2, -0.15) is 0 Å². The smallest absolute Gasteiger partial charge is 0.126 e. The zero-order chi connectivity index (χ0) is 11.8. The average Bonchev–Trinajstić information content (AvgIpc) is 2.28. The maximum Gasteiger partial charge on any atom is 0.126 e. The second-order valence-electron chi connectivity index (χ2n) is 4.29. The highest BCUT2D eigenvalue weighted by atomic mass is 19.1. The summed E-state index contributed by atoms with van der Waals surface area (Å²) in [4.78, 5) is 0. The lowest BCUT2D eigenvalue weighted by molar-refractivity contribution is 0.605. The van der Waals surface area contributed by atoms with Crippen molar-refractivity contribution in [1.29, 1.82) is 0 Å². The number of benzene rings is 1. The van der Waals surface area contributed by atoms with Crippen molar-refractivity contribution in [3.8, 4) is 0 Å². The molecule has 2 heteroatoms. The fraction of sp³-hybridized carbons (Fsp3) is 0.571. The Morgan fingerprint density at radius 1 is 1.19 bits per heavy atom. The Morgan fingerprint density at radius 2 is 2.00 bits per heavy atom. The molecule has 0 unspecified atom stereocenters. The molecule has 1 rings (SSSR count). The first-order valence-corrected chi connectivity index (χ1v) is 6.19. The average molecular weight is 223 g/mol. The Bertz CT molecular complexity index is 310. The fourth-order valence-electron chi connectivity index (χ4n) is 1.67. The van der Waals surface area contributed by atoms with Gasteiger partial charge >= 0.3 is 0 Å². The Labute approximate surface area is 98.1 Å². The van der Waals surface area contributed by atoms with E-state index in [1.807, 2.05) is 12.1 Å². The van der Waals surface area contributed by atoms with Crippen LogP contribution in [-0.4, -0.2) is 13.1 Å². The molecule has 0 fully saturated rings. The second-order valence-corrected chi connectivity index (χ2v) is 4.29. The molecule has 16 heavy (non-hydrogen) atoms. The van der Waals surface area contributed by atoms with Gasteiger partial charge in [0, 0.05) is 0 Å². The van der Waals surface area contributed by atoms with Crippen LogP contribution in [0.5, 0.6) is 0 Å². The molecule has 1 N–H and O–H groups in total. The quantitative estimate of drug-likeness (QED) is 0.698. The van der Waals surface area contributed by atoms with E-state index in [4.69, 9.17) is 0 Å². The van der Waals surface area contributed by atoms with Crippen molar-refractivity contribution in [3.05, 3.63) is 35.1 Å². The minimum atomic E-state index is -0.0818. The SMILES string of the molecule is CCCNCCCCc1ccc(C)c(F)c1. The summed E-state index contributed by atoms with van der Waals surface area (Å²) in [6.45, 7) is 6.14. The van der Waals surface area contributed by atoms with Crippen molar-refractivity contribution in [1.82, 2.24) is 5.32 Å². The van der Waals surface area contributed by atoms with Crippen LogP contribution >= 0.6 is 0 Å². The van der Waals surface area contributed by atoms with Crippen molar-refractivity contribution in [2.45, 2.75) is 39.5 Å². The molecule has 0 saturated carbocycles. The standard InChI is InChI=1S/C14H22FN/c1-3-9-16-10-5-4-6-13-8-7-12(2)14(15)11-13/h7-8,11,16H,3-6,9-10H2,1-2H3. The van der Waals surface area contributed by atoms with E-state index < -0.39 is 0 Å². The number of nitrogens with one attached hydrogen (secondary N) is 1. The van der Waals surface area contributed by atoms with Gasteiger partial charge in [-0.3, -0.25) is 0 Å². The molecular formula is C14H22FN. The van der Waals surface area contributed by atoms with E-state index in [1.165, 1.54) is 6.42 Å². The Morgan fingerprint density at radius 3 is 2.69 bits per heavy atom. The first kappa shape index (κ1) is 13.2. The molecule has 1 nitrogen and oxygen atoms in total. The maximum absolute atomic E-state index is 13.2. The van der Waals surface area contributed by atoms with Crippen LogP contribution in [0, 0.1) is 12.7 Å². The summed E-state index contributed by atoms with van der Waals surface area (Å²) in [7, 11) is 0. The first-order chi connectivity index (χ1) is 7.74. The highest BCUT2D eigenvalue weighted by Crippen LogP contribution is 2.11. The summed E-state index contributed by atoms with van der Waals surface area (Å²) in [5, 5.41) is 3.37. The summed E-state index contributed by atoms with van der Waals surface area (Å²) in [5.74, 6) is -0.0818. The van der Waals surface area contributed by atoms with Gasteiger partial charge < -0.3 is 5.32 Å². The molecule has 0 bridgehead atoms. The van der Waals surface area contributed by atoms with E-state index in [0.717, 1.165) is 43.5 Å². The lowest BCUT2D eigenvalue weighted by atomic mass is 10.1. The van der Waals surface area contributed by atoms with Gasteiger partial charge in [0.2, 0.25) is 0 Å². The van der Waals surface area contributed by atoms with Crippen LogP contribution in [0.15, 0.2) is 18.2 Å². The lowest BCUT2D eigenvalue weighted by Gasteiger charge is -2.04. The second kappa shape index (κ2) is 7.39. The highest BCUT2D eigenvalue weighted by Gasteiger charge is 1.99. The van der Waals surface area contributed by atoms with Crippen LogP contribution < -0.4 is 5.32 Å². The van der Waals surface area contributed by atoms with Gasteiger partial charge in [0.25, 0.3) is 0 Å². The van der Waals surface area contributed by atoms with E-state index >= 15 is 0 Å².